The molecule has 1 nitrogen and oxygen atoms in total. The van der Waals surface area contributed by atoms with E-state index in [2.05, 4.69) is 71.9 Å². The van der Waals surface area contributed by atoms with Gasteiger partial charge in [-0.25, -0.2) is 0 Å². The average Bonchev–Trinajstić information content (AvgIpc) is 2.34. The summed E-state index contributed by atoms with van der Waals surface area (Å²) in [6.45, 7) is 14.9. The topological polar surface area (TPSA) is 17.1 Å². The summed E-state index contributed by atoms with van der Waals surface area (Å²) in [5.41, 5.74) is 3.50. The van der Waals surface area contributed by atoms with Crippen LogP contribution in [0.2, 0.25) is 0 Å². The zero-order valence-corrected chi connectivity index (χ0v) is 14.3. The van der Waals surface area contributed by atoms with Crippen molar-refractivity contribution in [3.8, 4) is 0 Å². The summed E-state index contributed by atoms with van der Waals surface area (Å²) in [6.07, 6.45) is 0. The molecule has 2 aromatic carbocycles. The Balaban J connectivity index is 2.81. The van der Waals surface area contributed by atoms with Crippen molar-refractivity contribution in [1.82, 2.24) is 0 Å². The van der Waals surface area contributed by atoms with Crippen molar-refractivity contribution in [2.45, 2.75) is 59.3 Å². The second-order valence-corrected chi connectivity index (χ2v) is 8.02. The van der Waals surface area contributed by atoms with E-state index in [0.717, 1.165) is 10.9 Å². The summed E-state index contributed by atoms with van der Waals surface area (Å²) in [6, 6.07) is 10.8. The summed E-state index contributed by atoms with van der Waals surface area (Å²) in [5.74, 6) is 0.134. The van der Waals surface area contributed by atoms with Gasteiger partial charge in [0.05, 0.1) is 0 Å². The molecule has 0 saturated carbocycles. The smallest absolute Gasteiger partial charge is 0.160 e. The lowest BCUT2D eigenvalue weighted by atomic mass is 9.81. The van der Waals surface area contributed by atoms with E-state index in [-0.39, 0.29) is 16.6 Å². The zero-order valence-electron chi connectivity index (χ0n) is 14.3. The molecule has 1 heteroatoms. The predicted molar refractivity (Wildman–Crippen MR) is 91.4 cm³/mol. The Morgan fingerprint density at radius 3 is 1.81 bits per heavy atom. The standard InChI is InChI=1S/C20H26O/c1-13(21)18-12-16(20(5,6)7)11-14-10-15(19(2,3)4)8-9-17(14)18/h8-12H,1-7H3. The van der Waals surface area contributed by atoms with Gasteiger partial charge in [-0.2, -0.15) is 0 Å². The molecule has 0 heterocycles. The van der Waals surface area contributed by atoms with Crippen LogP contribution < -0.4 is 0 Å². The zero-order chi connectivity index (χ0) is 16.0. The van der Waals surface area contributed by atoms with Crippen molar-refractivity contribution in [2.24, 2.45) is 0 Å². The van der Waals surface area contributed by atoms with Crippen LogP contribution in [0.5, 0.6) is 0 Å². The van der Waals surface area contributed by atoms with E-state index in [4.69, 9.17) is 0 Å². The molecule has 0 aromatic heterocycles. The van der Waals surface area contributed by atoms with Crippen LogP contribution in [0.25, 0.3) is 10.8 Å². The maximum Gasteiger partial charge on any atom is 0.160 e. The minimum absolute atomic E-state index is 0.0378. The molecule has 0 saturated heterocycles. The monoisotopic (exact) mass is 282 g/mol. The van der Waals surface area contributed by atoms with Crippen molar-refractivity contribution in [1.29, 1.82) is 0 Å². The maximum absolute atomic E-state index is 12.0. The van der Waals surface area contributed by atoms with Gasteiger partial charge in [-0.15, -0.1) is 0 Å². The Morgan fingerprint density at radius 1 is 0.810 bits per heavy atom. The summed E-state index contributed by atoms with van der Waals surface area (Å²) >= 11 is 0. The van der Waals surface area contributed by atoms with Gasteiger partial charge in [0.2, 0.25) is 0 Å². The number of rotatable bonds is 1. The minimum Gasteiger partial charge on any atom is -0.294 e. The molecule has 0 aliphatic heterocycles. The van der Waals surface area contributed by atoms with E-state index in [0.29, 0.717) is 0 Å². The highest BCUT2D eigenvalue weighted by molar-refractivity contribution is 6.07. The fourth-order valence-corrected chi connectivity index (χ4v) is 2.56. The molecule has 0 radical (unpaired) electrons. The van der Waals surface area contributed by atoms with Crippen LogP contribution in [0.15, 0.2) is 30.3 Å². The second-order valence-electron chi connectivity index (χ2n) is 8.02. The normalized spacial score (nSPS) is 12.7. The minimum atomic E-state index is 0.0378. The molecule has 0 unspecified atom stereocenters. The first-order chi connectivity index (χ1) is 9.50. The number of carbonyl (C=O) groups excluding carboxylic acids is 1. The molecule has 0 N–H and O–H groups in total. The number of ketones is 1. The van der Waals surface area contributed by atoms with Crippen LogP contribution in [-0.2, 0) is 10.8 Å². The molecule has 0 aliphatic rings. The van der Waals surface area contributed by atoms with Gasteiger partial charge in [0.15, 0.2) is 5.78 Å². The van der Waals surface area contributed by atoms with Crippen LogP contribution in [0.1, 0.15) is 70.0 Å². The summed E-state index contributed by atoms with van der Waals surface area (Å²) < 4.78 is 0. The predicted octanol–water partition coefficient (Wildman–Crippen LogP) is 5.64. The van der Waals surface area contributed by atoms with Crippen LogP contribution in [0.3, 0.4) is 0 Å². The highest BCUT2D eigenvalue weighted by Gasteiger charge is 2.19. The Kier molecular flexibility index (Phi) is 3.73. The number of Topliss-reactive ketones (excluding diaryl/α,β-unsaturated/α-hetero) is 1. The molecular formula is C20H26O. The third-order valence-corrected chi connectivity index (χ3v) is 4.06. The fraction of sp³-hybridized carbons (Fsp3) is 0.450. The quantitative estimate of drug-likeness (QED) is 0.619. The van der Waals surface area contributed by atoms with Gasteiger partial charge in [-0.3, -0.25) is 4.79 Å². The first kappa shape index (κ1) is 15.8. The number of fused-ring (bicyclic) bond motifs is 1. The van der Waals surface area contributed by atoms with Gasteiger partial charge < -0.3 is 0 Å². The Morgan fingerprint density at radius 2 is 1.33 bits per heavy atom. The number of benzene rings is 2. The van der Waals surface area contributed by atoms with Gasteiger partial charge in [-0.1, -0.05) is 65.8 Å². The van der Waals surface area contributed by atoms with E-state index in [1.807, 2.05) is 0 Å². The first-order valence-corrected chi connectivity index (χ1v) is 7.60. The van der Waals surface area contributed by atoms with Crippen LogP contribution in [0.4, 0.5) is 0 Å². The summed E-state index contributed by atoms with van der Waals surface area (Å²) in [7, 11) is 0. The van der Waals surface area contributed by atoms with Gasteiger partial charge in [0, 0.05) is 5.56 Å². The van der Waals surface area contributed by atoms with Gasteiger partial charge in [0.25, 0.3) is 0 Å². The molecule has 0 aliphatic carbocycles. The molecule has 2 aromatic rings. The SMILES string of the molecule is CC(=O)c1cc(C(C)(C)C)cc2cc(C(C)(C)C)ccc12. The van der Waals surface area contributed by atoms with Gasteiger partial charge >= 0.3 is 0 Å². The van der Waals surface area contributed by atoms with E-state index >= 15 is 0 Å². The molecule has 112 valence electrons. The van der Waals surface area contributed by atoms with Gasteiger partial charge in [-0.05, 0) is 45.7 Å². The molecule has 0 bridgehead atoms. The highest BCUT2D eigenvalue weighted by Crippen LogP contribution is 2.32. The average molecular weight is 282 g/mol. The van der Waals surface area contributed by atoms with Crippen molar-refractivity contribution >= 4 is 16.6 Å². The third-order valence-electron chi connectivity index (χ3n) is 4.06. The lowest BCUT2D eigenvalue weighted by Gasteiger charge is -2.23. The Bertz CT molecular complexity index is 689. The summed E-state index contributed by atoms with van der Waals surface area (Å²) in [5, 5.41) is 2.23. The third kappa shape index (κ3) is 3.18. The van der Waals surface area contributed by atoms with Crippen molar-refractivity contribution in [3.63, 3.8) is 0 Å². The highest BCUT2D eigenvalue weighted by atomic mass is 16.1. The van der Waals surface area contributed by atoms with E-state index in [1.165, 1.54) is 16.5 Å². The Hall–Kier alpha value is -1.63. The molecule has 0 fully saturated rings. The van der Waals surface area contributed by atoms with E-state index in [9.17, 15) is 4.79 Å². The number of hydrogen-bond acceptors (Lipinski definition) is 1. The van der Waals surface area contributed by atoms with Crippen LogP contribution in [0, 0.1) is 0 Å². The second kappa shape index (κ2) is 4.98. The maximum atomic E-state index is 12.0. The number of carbonyl (C=O) groups is 1. The molecule has 0 atom stereocenters. The Labute approximate surface area is 128 Å². The lowest BCUT2D eigenvalue weighted by Crippen LogP contribution is -2.13. The van der Waals surface area contributed by atoms with E-state index in [1.54, 1.807) is 6.92 Å². The fourth-order valence-electron chi connectivity index (χ4n) is 2.56. The van der Waals surface area contributed by atoms with Crippen molar-refractivity contribution in [2.75, 3.05) is 0 Å². The van der Waals surface area contributed by atoms with Crippen molar-refractivity contribution in [3.05, 3.63) is 47.0 Å². The molecular weight excluding hydrogens is 256 g/mol. The summed E-state index contributed by atoms with van der Waals surface area (Å²) in [4.78, 5) is 12.0. The lowest BCUT2D eigenvalue weighted by molar-refractivity contribution is 0.101. The van der Waals surface area contributed by atoms with Crippen LogP contribution in [-0.4, -0.2) is 5.78 Å². The molecule has 2 rings (SSSR count). The van der Waals surface area contributed by atoms with Gasteiger partial charge in [0.1, 0.15) is 0 Å². The molecule has 21 heavy (non-hydrogen) atoms. The largest absolute Gasteiger partial charge is 0.294 e. The first-order valence-electron chi connectivity index (χ1n) is 7.60. The number of hydrogen-bond donors (Lipinski definition) is 0. The van der Waals surface area contributed by atoms with Crippen molar-refractivity contribution < 1.29 is 4.79 Å². The molecule has 0 amide bonds. The van der Waals surface area contributed by atoms with E-state index < -0.39 is 0 Å². The molecule has 0 spiro atoms. The van der Waals surface area contributed by atoms with Crippen LogP contribution >= 0.6 is 0 Å².